The van der Waals surface area contributed by atoms with Gasteiger partial charge in [0.15, 0.2) is 5.82 Å². The molecule has 3 aromatic heterocycles. The molecule has 5 rings (SSSR count). The van der Waals surface area contributed by atoms with Gasteiger partial charge in [0.1, 0.15) is 23.1 Å². The van der Waals surface area contributed by atoms with Crippen molar-refractivity contribution in [1.82, 2.24) is 25.0 Å². The zero-order chi connectivity index (χ0) is 21.2. The molecule has 1 aromatic carbocycles. The Morgan fingerprint density at radius 2 is 1.87 bits per heavy atom. The predicted octanol–water partition coefficient (Wildman–Crippen LogP) is 3.52. The van der Waals surface area contributed by atoms with Crippen LogP contribution in [0.1, 0.15) is 17.5 Å². The summed E-state index contributed by atoms with van der Waals surface area (Å²) in [6, 6.07) is 12.7. The summed E-state index contributed by atoms with van der Waals surface area (Å²) in [5.74, 6) is 3.05. The van der Waals surface area contributed by atoms with Gasteiger partial charge in [-0.3, -0.25) is 4.90 Å². The van der Waals surface area contributed by atoms with Gasteiger partial charge in [-0.25, -0.2) is 9.97 Å². The van der Waals surface area contributed by atoms with E-state index in [1.807, 2.05) is 13.0 Å². The largest absolute Gasteiger partial charge is 0.377 e. The summed E-state index contributed by atoms with van der Waals surface area (Å²) >= 11 is 1.73. The Morgan fingerprint density at radius 3 is 2.65 bits per heavy atom. The lowest BCUT2D eigenvalue weighted by Gasteiger charge is -2.35. The zero-order valence-electron chi connectivity index (χ0n) is 17.6. The number of benzene rings is 1. The number of ether oxygens (including phenoxy) is 1. The quantitative estimate of drug-likeness (QED) is 0.454. The van der Waals surface area contributed by atoms with Crippen LogP contribution in [0.2, 0.25) is 0 Å². The fourth-order valence-corrected chi connectivity index (χ4v) is 4.92. The third-order valence-corrected chi connectivity index (χ3v) is 6.44. The summed E-state index contributed by atoms with van der Waals surface area (Å²) in [5, 5.41) is 5.07. The first-order valence-corrected chi connectivity index (χ1v) is 11.1. The van der Waals surface area contributed by atoms with Crippen molar-refractivity contribution in [3.05, 3.63) is 53.9 Å². The van der Waals surface area contributed by atoms with Gasteiger partial charge in [-0.2, -0.15) is 4.98 Å². The number of anilines is 1. The Labute approximate surface area is 184 Å². The summed E-state index contributed by atoms with van der Waals surface area (Å²) in [5.41, 5.74) is 1.21. The maximum absolute atomic E-state index is 5.33. The fraction of sp³-hybridized carbons (Fsp3) is 0.364. The van der Waals surface area contributed by atoms with Crippen LogP contribution < -0.4 is 4.90 Å². The molecule has 0 amide bonds. The van der Waals surface area contributed by atoms with Gasteiger partial charge in [-0.1, -0.05) is 35.5 Å². The smallest absolute Gasteiger partial charge is 0.240 e. The molecule has 0 unspecified atom stereocenters. The molecule has 160 valence electrons. The topological polar surface area (TPSA) is 80.4 Å². The minimum Gasteiger partial charge on any atom is -0.377 e. The van der Waals surface area contributed by atoms with E-state index in [2.05, 4.69) is 50.3 Å². The number of aromatic nitrogens is 4. The number of piperazine rings is 1. The minimum atomic E-state index is 0.367. The maximum Gasteiger partial charge on any atom is 0.240 e. The summed E-state index contributed by atoms with van der Waals surface area (Å²) in [6.45, 7) is 6.58. The lowest BCUT2D eigenvalue weighted by Crippen LogP contribution is -2.46. The number of fused-ring (bicyclic) bond motifs is 1. The number of hydrogen-bond donors (Lipinski definition) is 0. The molecule has 1 fully saturated rings. The van der Waals surface area contributed by atoms with Crippen molar-refractivity contribution in [3.63, 3.8) is 0 Å². The molecule has 0 bridgehead atoms. The second-order valence-corrected chi connectivity index (χ2v) is 8.62. The molecule has 0 atom stereocenters. The van der Waals surface area contributed by atoms with E-state index in [4.69, 9.17) is 19.2 Å². The molecular weight excluding hydrogens is 412 g/mol. The van der Waals surface area contributed by atoms with Crippen LogP contribution in [-0.2, 0) is 17.9 Å². The molecule has 8 nitrogen and oxygen atoms in total. The molecule has 1 aliphatic heterocycles. The van der Waals surface area contributed by atoms with Crippen LogP contribution in [0.15, 0.2) is 40.9 Å². The third kappa shape index (κ3) is 4.30. The van der Waals surface area contributed by atoms with E-state index in [0.717, 1.165) is 48.0 Å². The van der Waals surface area contributed by atoms with Crippen LogP contribution in [0.3, 0.4) is 0 Å². The van der Waals surface area contributed by atoms with Crippen LogP contribution in [-0.4, -0.2) is 58.3 Å². The first-order valence-electron chi connectivity index (χ1n) is 10.3. The van der Waals surface area contributed by atoms with Crippen molar-refractivity contribution < 1.29 is 9.26 Å². The van der Waals surface area contributed by atoms with Crippen LogP contribution in [0.25, 0.3) is 20.7 Å². The highest BCUT2D eigenvalue weighted by Crippen LogP contribution is 2.36. The van der Waals surface area contributed by atoms with Crippen molar-refractivity contribution in [2.75, 3.05) is 38.2 Å². The lowest BCUT2D eigenvalue weighted by atomic mass is 10.2. The normalized spacial score (nSPS) is 15.1. The molecule has 31 heavy (non-hydrogen) atoms. The molecule has 1 saturated heterocycles. The standard InChI is InChI=1S/C22H24N6O2S/c1-15-23-21(17-12-18(31-22(17)24-15)16-6-4-3-5-7-16)28-10-8-27(9-11-28)13-20-25-19(14-29-2)26-30-20/h3-7,12H,8-11,13-14H2,1-2H3. The van der Waals surface area contributed by atoms with Crippen LogP contribution >= 0.6 is 11.3 Å². The number of aryl methyl sites for hydroxylation is 1. The maximum atomic E-state index is 5.33. The Kier molecular flexibility index (Phi) is 5.63. The third-order valence-electron chi connectivity index (χ3n) is 5.36. The first-order chi connectivity index (χ1) is 15.2. The van der Waals surface area contributed by atoms with Gasteiger partial charge >= 0.3 is 0 Å². The van der Waals surface area contributed by atoms with Crippen molar-refractivity contribution in [3.8, 4) is 10.4 Å². The molecule has 4 heterocycles. The molecule has 0 N–H and O–H groups in total. The van der Waals surface area contributed by atoms with E-state index in [0.29, 0.717) is 24.9 Å². The first kappa shape index (κ1) is 20.0. The Balaban J connectivity index is 1.32. The summed E-state index contributed by atoms with van der Waals surface area (Å²) < 4.78 is 10.4. The average Bonchev–Trinajstić information content (AvgIpc) is 3.41. The average molecular weight is 437 g/mol. The summed E-state index contributed by atoms with van der Waals surface area (Å²) in [4.78, 5) is 20.8. The van der Waals surface area contributed by atoms with Crippen LogP contribution in [0.4, 0.5) is 5.82 Å². The van der Waals surface area contributed by atoms with E-state index in [1.165, 1.54) is 10.4 Å². The number of nitrogens with zero attached hydrogens (tertiary/aromatic N) is 6. The molecule has 0 saturated carbocycles. The molecular formula is C22H24N6O2S. The van der Waals surface area contributed by atoms with Crippen LogP contribution in [0.5, 0.6) is 0 Å². The predicted molar refractivity (Wildman–Crippen MR) is 120 cm³/mol. The van der Waals surface area contributed by atoms with Crippen molar-refractivity contribution in [1.29, 1.82) is 0 Å². The van der Waals surface area contributed by atoms with E-state index in [1.54, 1.807) is 18.4 Å². The lowest BCUT2D eigenvalue weighted by molar-refractivity contribution is 0.174. The molecule has 1 aliphatic rings. The van der Waals surface area contributed by atoms with E-state index in [9.17, 15) is 0 Å². The van der Waals surface area contributed by atoms with E-state index < -0.39 is 0 Å². The fourth-order valence-electron chi connectivity index (χ4n) is 3.85. The Bertz CT molecular complexity index is 1170. The number of thiophene rings is 1. The molecule has 9 heteroatoms. The number of rotatable bonds is 6. The highest BCUT2D eigenvalue weighted by atomic mass is 32.1. The monoisotopic (exact) mass is 436 g/mol. The van der Waals surface area contributed by atoms with Gasteiger partial charge in [-0.05, 0) is 18.6 Å². The minimum absolute atomic E-state index is 0.367. The second kappa shape index (κ2) is 8.70. The zero-order valence-corrected chi connectivity index (χ0v) is 18.4. The SMILES string of the molecule is COCc1noc(CN2CCN(c3nc(C)nc4sc(-c5ccccc5)cc34)CC2)n1. The van der Waals surface area contributed by atoms with Crippen molar-refractivity contribution in [2.24, 2.45) is 0 Å². The Morgan fingerprint density at radius 1 is 1.06 bits per heavy atom. The molecule has 0 radical (unpaired) electrons. The van der Waals surface area contributed by atoms with Gasteiger partial charge in [0, 0.05) is 38.2 Å². The number of hydrogen-bond acceptors (Lipinski definition) is 9. The van der Waals surface area contributed by atoms with Gasteiger partial charge in [-0.15, -0.1) is 11.3 Å². The highest BCUT2D eigenvalue weighted by Gasteiger charge is 2.23. The second-order valence-electron chi connectivity index (χ2n) is 7.59. The Hall–Kier alpha value is -2.88. The van der Waals surface area contributed by atoms with Crippen LogP contribution in [0, 0.1) is 6.92 Å². The summed E-state index contributed by atoms with van der Waals surface area (Å²) in [6.07, 6.45) is 0. The van der Waals surface area contributed by atoms with Gasteiger partial charge in [0.2, 0.25) is 5.89 Å². The van der Waals surface area contributed by atoms with E-state index >= 15 is 0 Å². The van der Waals surface area contributed by atoms with E-state index in [-0.39, 0.29) is 0 Å². The molecule has 0 spiro atoms. The van der Waals surface area contributed by atoms with Crippen molar-refractivity contribution in [2.45, 2.75) is 20.1 Å². The van der Waals surface area contributed by atoms with Gasteiger partial charge in [0.05, 0.1) is 11.9 Å². The summed E-state index contributed by atoms with van der Waals surface area (Å²) in [7, 11) is 1.62. The molecule has 4 aromatic rings. The van der Waals surface area contributed by atoms with Gasteiger partial charge < -0.3 is 14.2 Å². The van der Waals surface area contributed by atoms with Crippen molar-refractivity contribution >= 4 is 27.4 Å². The molecule has 0 aliphatic carbocycles. The highest BCUT2D eigenvalue weighted by molar-refractivity contribution is 7.21. The van der Waals surface area contributed by atoms with Gasteiger partial charge in [0.25, 0.3) is 0 Å². The number of methoxy groups -OCH3 is 1.